The van der Waals surface area contributed by atoms with Gasteiger partial charge in [-0.15, -0.1) is 0 Å². The van der Waals surface area contributed by atoms with E-state index in [1.54, 1.807) is 18.2 Å². The number of amides is 1. The van der Waals surface area contributed by atoms with Gasteiger partial charge in [0.05, 0.1) is 5.56 Å². The lowest BCUT2D eigenvalue weighted by atomic mass is 10.0. The summed E-state index contributed by atoms with van der Waals surface area (Å²) in [4.78, 5) is 21.7. The number of carbonyl (C=O) groups is 1. The molecular formula is C15H16FIN2O3. The van der Waals surface area contributed by atoms with Crippen molar-refractivity contribution in [1.29, 1.82) is 0 Å². The fraction of sp³-hybridized carbons (Fsp3) is 0.267. The number of hydrogen-bond donors (Lipinski definition) is 2. The van der Waals surface area contributed by atoms with Gasteiger partial charge in [-0.05, 0) is 65.8 Å². The summed E-state index contributed by atoms with van der Waals surface area (Å²) in [6.45, 7) is 0.410. The van der Waals surface area contributed by atoms with Crippen molar-refractivity contribution in [3.8, 4) is 0 Å². The van der Waals surface area contributed by atoms with Crippen molar-refractivity contribution in [3.63, 3.8) is 0 Å². The zero-order valence-electron chi connectivity index (χ0n) is 11.7. The van der Waals surface area contributed by atoms with Gasteiger partial charge in [-0.1, -0.05) is 6.07 Å². The van der Waals surface area contributed by atoms with Gasteiger partial charge < -0.3 is 11.1 Å². The van der Waals surface area contributed by atoms with E-state index < -0.39 is 11.7 Å². The molecule has 1 aliphatic heterocycles. The van der Waals surface area contributed by atoms with Crippen molar-refractivity contribution in [2.45, 2.75) is 18.9 Å². The van der Waals surface area contributed by atoms with Crippen molar-refractivity contribution in [1.82, 2.24) is 5.32 Å². The molecule has 2 rings (SSSR count). The number of benzene rings is 1. The van der Waals surface area contributed by atoms with Gasteiger partial charge in [0.1, 0.15) is 18.3 Å². The summed E-state index contributed by atoms with van der Waals surface area (Å²) < 4.78 is 14.4. The number of halogens is 2. The monoisotopic (exact) mass is 418 g/mol. The Bertz CT molecular complexity index is 584. The third-order valence-electron chi connectivity index (χ3n) is 3.11. The Balaban J connectivity index is 2.08. The Morgan fingerprint density at radius 2 is 2.23 bits per heavy atom. The van der Waals surface area contributed by atoms with Gasteiger partial charge in [-0.2, -0.15) is 0 Å². The van der Waals surface area contributed by atoms with Gasteiger partial charge in [0.2, 0.25) is 0 Å². The summed E-state index contributed by atoms with van der Waals surface area (Å²) in [6.07, 6.45) is 5.71. The predicted molar refractivity (Wildman–Crippen MR) is 88.1 cm³/mol. The fourth-order valence-corrected chi connectivity index (χ4v) is 2.79. The standard InChI is InChI=1S/C15H16FIN2O3/c16-12-2-1-3-13(17)14(12)15(20)19-11(4-6-18)8-10-5-7-21-22-9-10/h1-3,5,7,9,11H,4,6,8,18H2,(H,19,20)/t11-/m1/s1. The maximum Gasteiger partial charge on any atom is 0.255 e. The maximum absolute atomic E-state index is 13.8. The molecule has 3 N–H and O–H groups in total. The normalized spacial score (nSPS) is 14.6. The molecule has 5 nitrogen and oxygen atoms in total. The van der Waals surface area contributed by atoms with Crippen LogP contribution in [0.15, 0.2) is 42.4 Å². The topological polar surface area (TPSA) is 73.6 Å². The van der Waals surface area contributed by atoms with Crippen LogP contribution in [-0.4, -0.2) is 18.5 Å². The maximum atomic E-state index is 13.8. The third kappa shape index (κ3) is 4.44. The first-order valence-electron chi connectivity index (χ1n) is 6.74. The number of nitrogens with two attached hydrogens (primary N) is 1. The van der Waals surface area contributed by atoms with Crippen LogP contribution >= 0.6 is 22.6 Å². The first-order chi connectivity index (χ1) is 10.6. The molecule has 1 amide bonds. The van der Waals surface area contributed by atoms with E-state index in [0.29, 0.717) is 23.0 Å². The molecule has 1 aromatic rings. The molecule has 1 atom stereocenters. The predicted octanol–water partition coefficient (Wildman–Crippen LogP) is 2.63. The van der Waals surface area contributed by atoms with Gasteiger partial charge in [-0.25, -0.2) is 4.39 Å². The summed E-state index contributed by atoms with van der Waals surface area (Å²) in [5.74, 6) is -0.983. The summed E-state index contributed by atoms with van der Waals surface area (Å²) in [6, 6.07) is 4.31. The highest BCUT2D eigenvalue weighted by molar-refractivity contribution is 14.1. The highest BCUT2D eigenvalue weighted by Gasteiger charge is 2.20. The molecule has 0 saturated carbocycles. The molecule has 1 aromatic carbocycles. The fourth-order valence-electron chi connectivity index (χ4n) is 2.08. The van der Waals surface area contributed by atoms with Crippen molar-refractivity contribution in [2.24, 2.45) is 5.73 Å². The van der Waals surface area contributed by atoms with E-state index >= 15 is 0 Å². The highest BCUT2D eigenvalue weighted by atomic mass is 127. The Morgan fingerprint density at radius 1 is 1.41 bits per heavy atom. The average molecular weight is 418 g/mol. The smallest absolute Gasteiger partial charge is 0.255 e. The first-order valence-corrected chi connectivity index (χ1v) is 7.82. The molecular weight excluding hydrogens is 402 g/mol. The van der Waals surface area contributed by atoms with Crippen LogP contribution < -0.4 is 11.1 Å². The van der Waals surface area contributed by atoms with Crippen LogP contribution in [-0.2, 0) is 9.78 Å². The number of rotatable bonds is 6. The molecule has 0 saturated heterocycles. The van der Waals surface area contributed by atoms with Crippen LogP contribution in [0.3, 0.4) is 0 Å². The first kappa shape index (κ1) is 16.8. The molecule has 7 heteroatoms. The van der Waals surface area contributed by atoms with Crippen LogP contribution in [0.2, 0.25) is 0 Å². The van der Waals surface area contributed by atoms with Crippen molar-refractivity contribution in [2.75, 3.05) is 6.54 Å². The Kier molecular flexibility index (Phi) is 6.20. The molecule has 118 valence electrons. The van der Waals surface area contributed by atoms with Crippen molar-refractivity contribution >= 4 is 28.5 Å². The summed E-state index contributed by atoms with van der Waals surface area (Å²) in [5.41, 5.74) is 6.50. The van der Waals surface area contributed by atoms with Gasteiger partial charge >= 0.3 is 0 Å². The Hall–Kier alpha value is -1.61. The van der Waals surface area contributed by atoms with Crippen molar-refractivity contribution < 1.29 is 19.0 Å². The minimum atomic E-state index is -0.538. The van der Waals surface area contributed by atoms with E-state index in [1.807, 2.05) is 22.6 Å². The van der Waals surface area contributed by atoms with Crippen LogP contribution in [0.1, 0.15) is 23.2 Å². The quantitative estimate of drug-likeness (QED) is 0.551. The van der Waals surface area contributed by atoms with E-state index in [-0.39, 0.29) is 11.6 Å². The summed E-state index contributed by atoms with van der Waals surface area (Å²) >= 11 is 1.94. The zero-order chi connectivity index (χ0) is 15.9. The van der Waals surface area contributed by atoms with Gasteiger partial charge in [-0.3, -0.25) is 14.6 Å². The molecule has 0 aromatic heterocycles. The molecule has 0 bridgehead atoms. The van der Waals surface area contributed by atoms with Gasteiger partial charge in [0.25, 0.3) is 5.91 Å². The van der Waals surface area contributed by atoms with Crippen LogP contribution in [0, 0.1) is 9.39 Å². The minimum Gasteiger partial charge on any atom is -0.349 e. The molecule has 0 fully saturated rings. The SMILES string of the molecule is NCC[C@H](CC1=COOC=C1)NC(=O)c1c(F)cccc1I. The average Bonchev–Trinajstić information content (AvgIpc) is 2.48. The molecule has 0 aliphatic carbocycles. The molecule has 0 unspecified atom stereocenters. The Morgan fingerprint density at radius 3 is 2.86 bits per heavy atom. The lowest BCUT2D eigenvalue weighted by Gasteiger charge is -2.20. The number of carbonyl (C=O) groups excluding carboxylic acids is 1. The molecule has 0 radical (unpaired) electrons. The van der Waals surface area contributed by atoms with E-state index in [2.05, 4.69) is 10.2 Å². The zero-order valence-corrected chi connectivity index (χ0v) is 13.9. The lowest BCUT2D eigenvalue weighted by molar-refractivity contribution is -0.199. The molecule has 0 spiro atoms. The largest absolute Gasteiger partial charge is 0.349 e. The van der Waals surface area contributed by atoms with Crippen LogP contribution in [0.4, 0.5) is 4.39 Å². The molecule has 1 heterocycles. The minimum absolute atomic E-state index is 0.0536. The van der Waals surface area contributed by atoms with Gasteiger partial charge in [0.15, 0.2) is 0 Å². The lowest BCUT2D eigenvalue weighted by Crippen LogP contribution is -2.37. The second kappa shape index (κ2) is 8.14. The summed E-state index contributed by atoms with van der Waals surface area (Å²) in [5, 5.41) is 2.83. The van der Waals surface area contributed by atoms with Crippen molar-refractivity contribution in [3.05, 3.63) is 57.3 Å². The van der Waals surface area contributed by atoms with Gasteiger partial charge in [0, 0.05) is 9.61 Å². The van der Waals surface area contributed by atoms with E-state index in [1.165, 1.54) is 18.6 Å². The molecule has 22 heavy (non-hydrogen) atoms. The number of allylic oxidation sites excluding steroid dienone is 1. The van der Waals surface area contributed by atoms with E-state index in [9.17, 15) is 9.18 Å². The third-order valence-corrected chi connectivity index (χ3v) is 4.01. The second-order valence-electron chi connectivity index (χ2n) is 4.74. The summed E-state index contributed by atoms with van der Waals surface area (Å²) in [7, 11) is 0. The number of hydrogen-bond acceptors (Lipinski definition) is 4. The van der Waals surface area contributed by atoms with Crippen LogP contribution in [0.5, 0.6) is 0 Å². The number of nitrogens with one attached hydrogen (secondary N) is 1. The second-order valence-corrected chi connectivity index (χ2v) is 5.90. The van der Waals surface area contributed by atoms with E-state index in [4.69, 9.17) is 10.6 Å². The van der Waals surface area contributed by atoms with E-state index in [0.717, 1.165) is 5.57 Å². The Labute approximate surface area is 141 Å². The highest BCUT2D eigenvalue weighted by Crippen LogP contribution is 2.18. The molecule has 1 aliphatic rings. The van der Waals surface area contributed by atoms with Crippen LogP contribution in [0.25, 0.3) is 0 Å².